The topological polar surface area (TPSA) is 69.6 Å². The number of urea groups is 1. The number of aliphatic carboxylic acids is 1. The van der Waals surface area contributed by atoms with E-state index in [1.807, 2.05) is 18.7 Å². The van der Waals surface area contributed by atoms with Crippen molar-refractivity contribution in [2.45, 2.75) is 32.2 Å². The van der Waals surface area contributed by atoms with Crippen LogP contribution in [-0.4, -0.2) is 52.6 Å². The van der Waals surface area contributed by atoms with Gasteiger partial charge in [-0.2, -0.15) is 11.8 Å². The second-order valence-electron chi connectivity index (χ2n) is 5.48. The molecule has 2 aliphatic rings. The molecule has 0 radical (unpaired) electrons. The average molecular weight is 286 g/mol. The molecule has 2 N–H and O–H groups in total. The van der Waals surface area contributed by atoms with Crippen LogP contribution in [0.15, 0.2) is 0 Å². The Labute approximate surface area is 118 Å². The number of rotatable bonds is 3. The highest BCUT2D eigenvalue weighted by Gasteiger charge is 2.39. The number of hydrogen-bond acceptors (Lipinski definition) is 3. The third-order valence-electron chi connectivity index (χ3n) is 4.10. The molecule has 2 rings (SSSR count). The van der Waals surface area contributed by atoms with E-state index in [9.17, 15) is 14.7 Å². The van der Waals surface area contributed by atoms with E-state index in [4.69, 9.17) is 0 Å². The van der Waals surface area contributed by atoms with E-state index in [1.54, 1.807) is 0 Å². The van der Waals surface area contributed by atoms with Crippen LogP contribution in [0.1, 0.15) is 26.2 Å². The maximum absolute atomic E-state index is 12.1. The summed E-state index contributed by atoms with van der Waals surface area (Å²) < 4.78 is 0. The van der Waals surface area contributed by atoms with E-state index in [0.29, 0.717) is 19.0 Å². The number of carboxylic acids is 1. The molecule has 0 aromatic heterocycles. The molecular weight excluding hydrogens is 264 g/mol. The molecule has 0 aliphatic carbocycles. The molecule has 2 heterocycles. The molecule has 2 unspecified atom stereocenters. The van der Waals surface area contributed by atoms with Crippen LogP contribution in [-0.2, 0) is 4.79 Å². The maximum atomic E-state index is 12.1. The van der Waals surface area contributed by atoms with Crippen LogP contribution in [0.5, 0.6) is 0 Å². The highest BCUT2D eigenvalue weighted by Crippen LogP contribution is 2.25. The largest absolute Gasteiger partial charge is 0.480 e. The predicted octanol–water partition coefficient (Wildman–Crippen LogP) is 1.63. The van der Waals surface area contributed by atoms with Crippen LogP contribution in [0.4, 0.5) is 4.79 Å². The number of amides is 2. The van der Waals surface area contributed by atoms with E-state index < -0.39 is 12.0 Å². The van der Waals surface area contributed by atoms with Gasteiger partial charge in [0, 0.05) is 13.1 Å². The molecule has 2 amide bonds. The van der Waals surface area contributed by atoms with Gasteiger partial charge < -0.3 is 15.3 Å². The van der Waals surface area contributed by atoms with E-state index >= 15 is 0 Å². The molecule has 0 aromatic carbocycles. The molecule has 0 spiro atoms. The Hall–Kier alpha value is -0.910. The summed E-state index contributed by atoms with van der Waals surface area (Å²) in [6.45, 7) is 3.12. The number of nitrogens with zero attached hydrogens (tertiary/aromatic N) is 1. The van der Waals surface area contributed by atoms with Gasteiger partial charge in [-0.05, 0) is 42.6 Å². The fraction of sp³-hybridized carbons (Fsp3) is 0.846. The average Bonchev–Trinajstić information content (AvgIpc) is 2.79. The second kappa shape index (κ2) is 6.50. The van der Waals surface area contributed by atoms with Crippen molar-refractivity contribution in [1.29, 1.82) is 0 Å². The summed E-state index contributed by atoms with van der Waals surface area (Å²) in [5.74, 6) is 2.02. The summed E-state index contributed by atoms with van der Waals surface area (Å²) >= 11 is 1.96. The van der Waals surface area contributed by atoms with Gasteiger partial charge in [0.05, 0.1) is 0 Å². The highest BCUT2D eigenvalue weighted by molar-refractivity contribution is 7.99. The van der Waals surface area contributed by atoms with Crippen LogP contribution in [0.25, 0.3) is 0 Å². The normalized spacial score (nSPS) is 28.4. The molecule has 108 valence electrons. The molecule has 19 heavy (non-hydrogen) atoms. The van der Waals surface area contributed by atoms with Gasteiger partial charge in [0.25, 0.3) is 0 Å². The third kappa shape index (κ3) is 3.55. The monoisotopic (exact) mass is 286 g/mol. The number of thioether (sulfide) groups is 1. The lowest BCUT2D eigenvalue weighted by Gasteiger charge is -2.26. The van der Waals surface area contributed by atoms with Crippen LogP contribution in [0.2, 0.25) is 0 Å². The zero-order valence-electron chi connectivity index (χ0n) is 11.3. The van der Waals surface area contributed by atoms with Gasteiger partial charge in [-0.3, -0.25) is 0 Å². The maximum Gasteiger partial charge on any atom is 0.326 e. The number of carbonyl (C=O) groups is 2. The Morgan fingerprint density at radius 3 is 2.63 bits per heavy atom. The Kier molecular flexibility index (Phi) is 4.96. The number of likely N-dealkylation sites (tertiary alicyclic amines) is 1. The van der Waals surface area contributed by atoms with E-state index in [0.717, 1.165) is 19.3 Å². The van der Waals surface area contributed by atoms with Crippen molar-refractivity contribution < 1.29 is 14.7 Å². The van der Waals surface area contributed by atoms with Crippen LogP contribution in [0.3, 0.4) is 0 Å². The van der Waals surface area contributed by atoms with Gasteiger partial charge in [-0.15, -0.1) is 0 Å². The van der Waals surface area contributed by atoms with E-state index in [2.05, 4.69) is 5.32 Å². The van der Waals surface area contributed by atoms with Crippen LogP contribution in [0, 0.1) is 11.8 Å². The summed E-state index contributed by atoms with van der Waals surface area (Å²) in [5.41, 5.74) is 0. The first-order valence-electron chi connectivity index (χ1n) is 6.94. The number of carboxylic acid groups (broad SMARTS) is 1. The summed E-state index contributed by atoms with van der Waals surface area (Å²) in [7, 11) is 0. The van der Waals surface area contributed by atoms with Gasteiger partial charge >= 0.3 is 12.0 Å². The van der Waals surface area contributed by atoms with Gasteiger partial charge in [0.1, 0.15) is 6.04 Å². The first-order valence-corrected chi connectivity index (χ1v) is 8.10. The van der Waals surface area contributed by atoms with Crippen molar-refractivity contribution in [3.05, 3.63) is 0 Å². The van der Waals surface area contributed by atoms with Crippen molar-refractivity contribution in [2.75, 3.05) is 24.6 Å². The lowest BCUT2D eigenvalue weighted by Crippen LogP contribution is -2.48. The lowest BCUT2D eigenvalue weighted by molar-refractivity contribution is -0.142. The van der Waals surface area contributed by atoms with Gasteiger partial charge in [0.2, 0.25) is 0 Å². The van der Waals surface area contributed by atoms with Gasteiger partial charge in [0.15, 0.2) is 0 Å². The minimum Gasteiger partial charge on any atom is -0.480 e. The van der Waals surface area contributed by atoms with Gasteiger partial charge in [-0.1, -0.05) is 6.92 Å². The van der Waals surface area contributed by atoms with Gasteiger partial charge in [-0.25, -0.2) is 9.59 Å². The first-order chi connectivity index (χ1) is 9.09. The lowest BCUT2D eigenvalue weighted by atomic mass is 10.0. The van der Waals surface area contributed by atoms with Crippen LogP contribution >= 0.6 is 11.8 Å². The molecule has 2 fully saturated rings. The minimum atomic E-state index is -0.894. The summed E-state index contributed by atoms with van der Waals surface area (Å²) in [6, 6.07) is -0.878. The van der Waals surface area contributed by atoms with Crippen molar-refractivity contribution in [3.8, 4) is 0 Å². The number of hydrogen-bond donors (Lipinski definition) is 2. The fourth-order valence-corrected chi connectivity index (χ4v) is 4.04. The van der Waals surface area contributed by atoms with Crippen molar-refractivity contribution in [1.82, 2.24) is 10.2 Å². The van der Waals surface area contributed by atoms with Crippen molar-refractivity contribution in [3.63, 3.8) is 0 Å². The zero-order chi connectivity index (χ0) is 13.8. The second-order valence-corrected chi connectivity index (χ2v) is 6.71. The minimum absolute atomic E-state index is 0.0364. The predicted molar refractivity (Wildman–Crippen MR) is 75.4 cm³/mol. The van der Waals surface area contributed by atoms with E-state index in [-0.39, 0.29) is 11.9 Å². The first kappa shape index (κ1) is 14.5. The van der Waals surface area contributed by atoms with E-state index in [1.165, 1.54) is 16.4 Å². The number of carbonyl (C=O) groups excluding carboxylic acids is 1. The molecule has 2 atom stereocenters. The molecule has 0 aromatic rings. The fourth-order valence-electron chi connectivity index (χ4n) is 2.84. The smallest absolute Gasteiger partial charge is 0.326 e. The molecular formula is C13H22N2O3S. The molecule has 5 nitrogen and oxygen atoms in total. The standard InChI is InChI=1S/C13H22N2O3S/c1-9-2-5-15(11(9)12(16)17)13(18)14-8-10-3-6-19-7-4-10/h9-11H,2-8H2,1H3,(H,14,18)(H,16,17). The summed E-state index contributed by atoms with van der Waals surface area (Å²) in [4.78, 5) is 24.8. The number of nitrogens with one attached hydrogen (secondary N) is 1. The summed E-state index contributed by atoms with van der Waals surface area (Å²) in [5, 5.41) is 12.1. The molecule has 0 bridgehead atoms. The molecule has 2 saturated heterocycles. The molecule has 6 heteroatoms. The molecule has 2 aliphatic heterocycles. The van der Waals surface area contributed by atoms with Crippen molar-refractivity contribution in [2.24, 2.45) is 11.8 Å². The molecule has 0 saturated carbocycles. The highest BCUT2D eigenvalue weighted by atomic mass is 32.2. The quantitative estimate of drug-likeness (QED) is 0.827. The Balaban J connectivity index is 1.83. The SMILES string of the molecule is CC1CCN(C(=O)NCC2CCSCC2)C1C(=O)O. The Morgan fingerprint density at radius 1 is 1.32 bits per heavy atom. The van der Waals surface area contributed by atoms with Crippen molar-refractivity contribution >= 4 is 23.8 Å². The third-order valence-corrected chi connectivity index (χ3v) is 5.15. The van der Waals surface area contributed by atoms with Crippen LogP contribution < -0.4 is 5.32 Å². The Morgan fingerprint density at radius 2 is 2.00 bits per heavy atom. The summed E-state index contributed by atoms with van der Waals surface area (Å²) in [6.07, 6.45) is 3.05. The Bertz CT molecular complexity index is 345. The zero-order valence-corrected chi connectivity index (χ0v) is 12.1.